The van der Waals surface area contributed by atoms with E-state index in [-0.39, 0.29) is 18.0 Å². The van der Waals surface area contributed by atoms with Crippen LogP contribution < -0.4 is 5.73 Å². The van der Waals surface area contributed by atoms with Crippen molar-refractivity contribution in [2.45, 2.75) is 25.2 Å². The third kappa shape index (κ3) is 2.57. The highest BCUT2D eigenvalue weighted by Crippen LogP contribution is 2.58. The van der Waals surface area contributed by atoms with Crippen LogP contribution in [-0.2, 0) is 14.4 Å². The highest BCUT2D eigenvalue weighted by molar-refractivity contribution is 6.30. The molecule has 1 aliphatic heterocycles. The van der Waals surface area contributed by atoms with Gasteiger partial charge >= 0.3 is 5.97 Å². The van der Waals surface area contributed by atoms with Gasteiger partial charge < -0.3 is 10.6 Å². The molecule has 0 aromatic heterocycles. The van der Waals surface area contributed by atoms with Crippen LogP contribution >= 0.6 is 11.6 Å². The van der Waals surface area contributed by atoms with E-state index in [9.17, 15) is 9.59 Å². The summed E-state index contributed by atoms with van der Waals surface area (Å²) in [6, 6.07) is 16.7. The largest absolute Gasteiger partial charge is 0.383 e. The molecule has 0 radical (unpaired) electrons. The fourth-order valence-electron chi connectivity index (χ4n) is 4.59. The van der Waals surface area contributed by atoms with Crippen LogP contribution in [0.2, 0.25) is 5.02 Å². The predicted octanol–water partition coefficient (Wildman–Crippen LogP) is 3.63. The molecule has 2 aromatic carbocycles. The second-order valence-electron chi connectivity index (χ2n) is 7.18. The third-order valence-electron chi connectivity index (χ3n) is 5.87. The molecule has 4 atom stereocenters. The number of amidine groups is 1. The molecule has 1 spiro atoms. The van der Waals surface area contributed by atoms with Crippen LogP contribution in [0.15, 0.2) is 59.8 Å². The van der Waals surface area contributed by atoms with Gasteiger partial charge in [-0.05, 0) is 23.3 Å². The van der Waals surface area contributed by atoms with E-state index in [1.807, 2.05) is 49.4 Å². The Kier molecular flexibility index (Phi) is 4.27. The normalized spacial score (nSPS) is 30.3. The summed E-state index contributed by atoms with van der Waals surface area (Å²) in [5.74, 6) is -1.62. The average molecular weight is 383 g/mol. The number of hydrogen-bond acceptors (Lipinski definition) is 5. The summed E-state index contributed by atoms with van der Waals surface area (Å²) >= 11 is 6.03. The number of rotatable bonds is 2. The molecule has 4 unspecified atom stereocenters. The zero-order chi connectivity index (χ0) is 19.2. The van der Waals surface area contributed by atoms with Crippen molar-refractivity contribution in [2.75, 3.05) is 0 Å². The summed E-state index contributed by atoms with van der Waals surface area (Å²) in [5, 5.41) is 4.41. The van der Waals surface area contributed by atoms with Crippen LogP contribution in [-0.4, -0.2) is 17.6 Å². The van der Waals surface area contributed by atoms with Crippen molar-refractivity contribution in [1.82, 2.24) is 0 Å². The van der Waals surface area contributed by atoms with Crippen molar-refractivity contribution in [1.29, 1.82) is 0 Å². The average Bonchev–Trinajstić information content (AvgIpc) is 2.96. The summed E-state index contributed by atoms with van der Waals surface area (Å²) < 4.78 is 0. The van der Waals surface area contributed by atoms with E-state index in [1.165, 1.54) is 0 Å². The first-order chi connectivity index (χ1) is 13.0. The summed E-state index contributed by atoms with van der Waals surface area (Å²) in [7, 11) is 0. The van der Waals surface area contributed by atoms with Gasteiger partial charge in [-0.15, -0.1) is 0 Å². The van der Waals surface area contributed by atoms with Gasteiger partial charge in [0.25, 0.3) is 0 Å². The van der Waals surface area contributed by atoms with Gasteiger partial charge in [0.1, 0.15) is 11.2 Å². The summed E-state index contributed by atoms with van der Waals surface area (Å²) in [4.78, 5) is 31.1. The zero-order valence-electron chi connectivity index (χ0n) is 14.8. The number of nitrogens with zero attached hydrogens (tertiary/aromatic N) is 1. The van der Waals surface area contributed by atoms with Gasteiger partial charge in [0, 0.05) is 29.2 Å². The molecule has 0 bridgehead atoms. The number of benzene rings is 2. The molecule has 2 aliphatic rings. The van der Waals surface area contributed by atoms with E-state index >= 15 is 0 Å². The monoisotopic (exact) mass is 382 g/mol. The third-order valence-corrected chi connectivity index (χ3v) is 6.12. The lowest BCUT2D eigenvalue weighted by Crippen LogP contribution is -2.55. The van der Waals surface area contributed by atoms with Crippen LogP contribution in [0.4, 0.5) is 0 Å². The molecule has 1 heterocycles. The molecule has 2 N–H and O–H groups in total. The molecule has 4 rings (SSSR count). The van der Waals surface area contributed by atoms with E-state index in [4.69, 9.17) is 22.2 Å². The number of hydrogen-bond donors (Lipinski definition) is 1. The first kappa shape index (κ1) is 17.7. The minimum Gasteiger partial charge on any atom is -0.383 e. The van der Waals surface area contributed by atoms with Crippen LogP contribution in [0.1, 0.15) is 36.3 Å². The maximum atomic E-state index is 13.1. The van der Waals surface area contributed by atoms with Gasteiger partial charge in [-0.1, -0.05) is 66.1 Å². The first-order valence-corrected chi connectivity index (χ1v) is 9.22. The van der Waals surface area contributed by atoms with Crippen molar-refractivity contribution in [2.24, 2.45) is 22.2 Å². The van der Waals surface area contributed by atoms with E-state index in [1.54, 1.807) is 12.1 Å². The highest BCUT2D eigenvalue weighted by Gasteiger charge is 2.65. The van der Waals surface area contributed by atoms with Crippen LogP contribution in [0.3, 0.4) is 0 Å². The van der Waals surface area contributed by atoms with E-state index in [0.717, 1.165) is 11.1 Å². The standard InChI is InChI=1S/C21H19ClN2O3/c1-12-17(25)11-16(13-7-9-15(22)10-8-13)21(19(23)24-27-20(21)26)18(12)14-5-3-2-4-6-14/h2-10,12,16,18H,11H2,1H3,(H2,23,24). The minimum atomic E-state index is -1.22. The SMILES string of the molecule is CC1C(=O)CC(c2ccc(Cl)cc2)C2(C(=O)ON=C2N)C1c1ccccc1. The first-order valence-electron chi connectivity index (χ1n) is 8.84. The summed E-state index contributed by atoms with van der Waals surface area (Å²) in [6.07, 6.45) is 0.192. The Bertz CT molecular complexity index is 926. The summed E-state index contributed by atoms with van der Waals surface area (Å²) in [6.45, 7) is 1.85. The van der Waals surface area contributed by atoms with E-state index < -0.39 is 29.1 Å². The lowest BCUT2D eigenvalue weighted by molar-refractivity contribution is -0.153. The number of oxime groups is 1. The van der Waals surface area contributed by atoms with Gasteiger partial charge in [-0.2, -0.15) is 0 Å². The smallest absolute Gasteiger partial charge is 0.350 e. The van der Waals surface area contributed by atoms with Crippen LogP contribution in [0, 0.1) is 11.3 Å². The molecule has 6 heteroatoms. The molecule has 1 aliphatic carbocycles. The Balaban J connectivity index is 1.96. The van der Waals surface area contributed by atoms with Gasteiger partial charge in [0.2, 0.25) is 0 Å². The molecule has 2 aromatic rings. The van der Waals surface area contributed by atoms with Crippen molar-refractivity contribution in [3.05, 3.63) is 70.7 Å². The number of nitrogens with two attached hydrogens (primary N) is 1. The van der Waals surface area contributed by atoms with Crippen LogP contribution in [0.25, 0.3) is 0 Å². The highest BCUT2D eigenvalue weighted by atomic mass is 35.5. The van der Waals surface area contributed by atoms with Gasteiger partial charge in [-0.25, -0.2) is 4.79 Å². The Morgan fingerprint density at radius 1 is 1.07 bits per heavy atom. The second-order valence-corrected chi connectivity index (χ2v) is 7.61. The molecule has 5 nitrogen and oxygen atoms in total. The molecule has 138 valence electrons. The Morgan fingerprint density at radius 3 is 2.33 bits per heavy atom. The lowest BCUT2D eigenvalue weighted by Gasteiger charge is -2.46. The molecule has 1 saturated carbocycles. The molecule has 1 fully saturated rings. The lowest BCUT2D eigenvalue weighted by atomic mass is 9.52. The quantitative estimate of drug-likeness (QED) is 0.804. The van der Waals surface area contributed by atoms with Crippen LogP contribution in [0.5, 0.6) is 0 Å². The van der Waals surface area contributed by atoms with Crippen molar-refractivity contribution in [3.63, 3.8) is 0 Å². The number of carbonyl (C=O) groups excluding carboxylic acids is 2. The Hall–Kier alpha value is -2.66. The molecular weight excluding hydrogens is 364 g/mol. The number of ketones is 1. The van der Waals surface area contributed by atoms with Gasteiger partial charge in [-0.3, -0.25) is 4.79 Å². The van der Waals surface area contributed by atoms with E-state index in [0.29, 0.717) is 5.02 Å². The molecular formula is C21H19ClN2O3. The Morgan fingerprint density at radius 2 is 1.74 bits per heavy atom. The number of Topliss-reactive ketones (excluding diaryl/α,β-unsaturated/α-hetero) is 1. The maximum Gasteiger partial charge on any atom is 0.350 e. The van der Waals surface area contributed by atoms with Crippen molar-refractivity contribution in [3.8, 4) is 0 Å². The topological polar surface area (TPSA) is 81.8 Å². The second kappa shape index (κ2) is 6.50. The molecule has 27 heavy (non-hydrogen) atoms. The molecule has 0 amide bonds. The number of carbonyl (C=O) groups is 2. The number of halogens is 1. The predicted molar refractivity (Wildman–Crippen MR) is 102 cm³/mol. The van der Waals surface area contributed by atoms with Gasteiger partial charge in [0.15, 0.2) is 5.84 Å². The van der Waals surface area contributed by atoms with Crippen molar-refractivity contribution < 1.29 is 14.4 Å². The van der Waals surface area contributed by atoms with E-state index in [2.05, 4.69) is 5.16 Å². The Labute approximate surface area is 162 Å². The minimum absolute atomic E-state index is 0.0851. The zero-order valence-corrected chi connectivity index (χ0v) is 15.5. The fraction of sp³-hybridized carbons (Fsp3) is 0.286. The summed E-state index contributed by atoms with van der Waals surface area (Å²) in [5.41, 5.74) is 6.76. The molecule has 0 saturated heterocycles. The van der Waals surface area contributed by atoms with Gasteiger partial charge in [0.05, 0.1) is 0 Å². The fourth-order valence-corrected chi connectivity index (χ4v) is 4.71. The van der Waals surface area contributed by atoms with Crippen molar-refractivity contribution >= 4 is 29.2 Å². The maximum absolute atomic E-state index is 13.1.